The number of fused-ring (bicyclic) bond motifs is 2. The van der Waals surface area contributed by atoms with Crippen LogP contribution >= 0.6 is 0 Å². The molecule has 0 aromatic heterocycles. The van der Waals surface area contributed by atoms with Gasteiger partial charge in [0.15, 0.2) is 0 Å². The van der Waals surface area contributed by atoms with Crippen LogP contribution in [0.2, 0.25) is 0 Å². The lowest BCUT2D eigenvalue weighted by molar-refractivity contribution is -0.122. The number of carbonyl (C=O) groups excluding carboxylic acids is 1. The molecule has 2 fully saturated rings. The van der Waals surface area contributed by atoms with Crippen LogP contribution in [0.3, 0.4) is 0 Å². The molecule has 3 nitrogen and oxygen atoms in total. The van der Waals surface area contributed by atoms with E-state index in [0.717, 1.165) is 24.0 Å². The molecule has 2 N–H and O–H groups in total. The van der Waals surface area contributed by atoms with Gasteiger partial charge in [0.2, 0.25) is 5.91 Å². The summed E-state index contributed by atoms with van der Waals surface area (Å²) in [6.07, 6.45) is 4.60. The predicted octanol–water partition coefficient (Wildman–Crippen LogP) is 3.22. The molecule has 2 unspecified atom stereocenters. The minimum Gasteiger partial charge on any atom is -0.352 e. The molecule has 2 aromatic rings. The van der Waals surface area contributed by atoms with Crippen LogP contribution in [-0.2, 0) is 4.79 Å². The van der Waals surface area contributed by atoms with E-state index in [-0.39, 0.29) is 11.8 Å². The van der Waals surface area contributed by atoms with Crippen molar-refractivity contribution in [3.63, 3.8) is 0 Å². The van der Waals surface area contributed by atoms with E-state index >= 15 is 0 Å². The number of rotatable bonds is 4. The van der Waals surface area contributed by atoms with Gasteiger partial charge in [0, 0.05) is 18.1 Å². The second kappa shape index (κ2) is 6.78. The van der Waals surface area contributed by atoms with Gasteiger partial charge in [-0.25, -0.2) is 0 Å². The molecule has 0 aliphatic carbocycles. The van der Waals surface area contributed by atoms with E-state index in [2.05, 4.69) is 10.6 Å². The largest absolute Gasteiger partial charge is 0.352 e. The third-order valence-corrected chi connectivity index (χ3v) is 5.35. The van der Waals surface area contributed by atoms with Gasteiger partial charge >= 0.3 is 0 Å². The summed E-state index contributed by atoms with van der Waals surface area (Å²) in [5.74, 6) is -0.112. The topological polar surface area (TPSA) is 41.1 Å². The fourth-order valence-corrected chi connectivity index (χ4v) is 4.25. The zero-order chi connectivity index (χ0) is 16.4. The van der Waals surface area contributed by atoms with E-state index in [1.54, 1.807) is 0 Å². The average Bonchev–Trinajstić information content (AvgIpc) is 2.95. The van der Waals surface area contributed by atoms with Crippen LogP contribution < -0.4 is 10.6 Å². The fraction of sp³-hybridized carbons (Fsp3) is 0.381. The van der Waals surface area contributed by atoms with Gasteiger partial charge in [-0.3, -0.25) is 4.79 Å². The van der Waals surface area contributed by atoms with Crippen molar-refractivity contribution in [3.05, 3.63) is 71.8 Å². The van der Waals surface area contributed by atoms with Crippen molar-refractivity contribution in [1.82, 2.24) is 10.6 Å². The van der Waals surface area contributed by atoms with Gasteiger partial charge in [-0.1, -0.05) is 60.7 Å². The minimum absolute atomic E-state index is 0.124. The van der Waals surface area contributed by atoms with Gasteiger partial charge < -0.3 is 10.6 Å². The highest BCUT2D eigenvalue weighted by molar-refractivity contribution is 5.87. The summed E-state index contributed by atoms with van der Waals surface area (Å²) in [5.41, 5.74) is 2.11. The third-order valence-electron chi connectivity index (χ3n) is 5.35. The molecular formula is C21H24N2O. The van der Waals surface area contributed by atoms with Crippen LogP contribution in [0.15, 0.2) is 60.7 Å². The molecule has 3 heteroatoms. The maximum Gasteiger partial charge on any atom is 0.232 e. The Bertz CT molecular complexity index is 634. The first-order valence-electron chi connectivity index (χ1n) is 8.96. The number of hydrogen-bond donors (Lipinski definition) is 2. The molecule has 2 atom stereocenters. The lowest BCUT2D eigenvalue weighted by Crippen LogP contribution is -2.49. The van der Waals surface area contributed by atoms with Crippen molar-refractivity contribution < 1.29 is 4.79 Å². The first-order valence-corrected chi connectivity index (χ1v) is 8.96. The van der Waals surface area contributed by atoms with E-state index in [9.17, 15) is 4.79 Å². The van der Waals surface area contributed by atoms with E-state index < -0.39 is 0 Å². The van der Waals surface area contributed by atoms with E-state index in [4.69, 9.17) is 0 Å². The number of piperidine rings is 1. The molecular weight excluding hydrogens is 296 g/mol. The van der Waals surface area contributed by atoms with Crippen molar-refractivity contribution in [2.45, 2.75) is 49.7 Å². The molecule has 2 aliphatic heterocycles. The number of carbonyl (C=O) groups is 1. The Morgan fingerprint density at radius 1 is 0.875 bits per heavy atom. The van der Waals surface area contributed by atoms with Crippen LogP contribution in [0, 0.1) is 0 Å². The number of hydrogen-bond acceptors (Lipinski definition) is 2. The Morgan fingerprint density at radius 2 is 1.38 bits per heavy atom. The highest BCUT2D eigenvalue weighted by Gasteiger charge is 2.35. The molecule has 2 aliphatic rings. The van der Waals surface area contributed by atoms with Gasteiger partial charge in [-0.2, -0.15) is 0 Å². The number of nitrogens with one attached hydrogen (secondary N) is 2. The predicted molar refractivity (Wildman–Crippen MR) is 95.8 cm³/mol. The van der Waals surface area contributed by atoms with Gasteiger partial charge in [-0.15, -0.1) is 0 Å². The van der Waals surface area contributed by atoms with Crippen LogP contribution in [-0.4, -0.2) is 24.0 Å². The zero-order valence-electron chi connectivity index (χ0n) is 13.8. The second-order valence-corrected chi connectivity index (χ2v) is 7.07. The maximum absolute atomic E-state index is 13.1. The SMILES string of the molecule is O=C(NC1CC2CCC(C1)N2)C(c1ccccc1)c1ccccc1. The van der Waals surface area contributed by atoms with E-state index in [1.807, 2.05) is 60.7 Å². The Balaban J connectivity index is 1.56. The van der Waals surface area contributed by atoms with Crippen molar-refractivity contribution in [2.75, 3.05) is 0 Å². The van der Waals surface area contributed by atoms with Crippen LogP contribution in [0.5, 0.6) is 0 Å². The minimum atomic E-state index is -0.236. The van der Waals surface area contributed by atoms with Crippen molar-refractivity contribution in [1.29, 1.82) is 0 Å². The van der Waals surface area contributed by atoms with Gasteiger partial charge in [0.05, 0.1) is 5.92 Å². The monoisotopic (exact) mass is 320 g/mol. The average molecular weight is 320 g/mol. The molecule has 4 rings (SSSR count). The van der Waals surface area contributed by atoms with Crippen molar-refractivity contribution in [3.8, 4) is 0 Å². The van der Waals surface area contributed by atoms with E-state index in [0.29, 0.717) is 18.1 Å². The Kier molecular flexibility index (Phi) is 4.35. The highest BCUT2D eigenvalue weighted by atomic mass is 16.1. The maximum atomic E-state index is 13.1. The molecule has 2 bridgehead atoms. The molecule has 2 aromatic carbocycles. The fourth-order valence-electron chi connectivity index (χ4n) is 4.25. The van der Waals surface area contributed by atoms with Crippen LogP contribution in [0.25, 0.3) is 0 Å². The zero-order valence-corrected chi connectivity index (χ0v) is 13.8. The van der Waals surface area contributed by atoms with Crippen LogP contribution in [0.4, 0.5) is 0 Å². The van der Waals surface area contributed by atoms with Gasteiger partial charge in [-0.05, 0) is 36.8 Å². The lowest BCUT2D eigenvalue weighted by atomic mass is 9.89. The van der Waals surface area contributed by atoms with Crippen molar-refractivity contribution in [2.24, 2.45) is 0 Å². The van der Waals surface area contributed by atoms with Crippen molar-refractivity contribution >= 4 is 5.91 Å². The molecule has 24 heavy (non-hydrogen) atoms. The summed E-state index contributed by atoms with van der Waals surface area (Å²) in [5, 5.41) is 6.97. The quantitative estimate of drug-likeness (QED) is 0.908. The molecule has 0 saturated carbocycles. The highest BCUT2D eigenvalue weighted by Crippen LogP contribution is 2.29. The first kappa shape index (κ1) is 15.4. The summed E-state index contributed by atoms with van der Waals surface area (Å²) in [4.78, 5) is 13.1. The lowest BCUT2D eigenvalue weighted by Gasteiger charge is -2.31. The smallest absolute Gasteiger partial charge is 0.232 e. The van der Waals surface area contributed by atoms with E-state index in [1.165, 1.54) is 12.8 Å². The first-order chi connectivity index (χ1) is 11.8. The molecule has 2 saturated heterocycles. The standard InChI is InChI=1S/C21H24N2O/c24-21(23-19-13-17-11-12-18(14-19)22-17)20(15-7-3-1-4-8-15)16-9-5-2-6-10-16/h1-10,17-20,22H,11-14H2,(H,23,24). The summed E-state index contributed by atoms with van der Waals surface area (Å²) in [6, 6.07) is 21.6. The molecule has 1 amide bonds. The molecule has 124 valence electrons. The second-order valence-electron chi connectivity index (χ2n) is 7.07. The normalized spacial score (nSPS) is 25.6. The number of amides is 1. The molecule has 2 heterocycles. The summed E-state index contributed by atoms with van der Waals surface area (Å²) in [6.45, 7) is 0. The summed E-state index contributed by atoms with van der Waals surface area (Å²) < 4.78 is 0. The Morgan fingerprint density at radius 3 is 1.88 bits per heavy atom. The Labute approximate surface area is 143 Å². The van der Waals surface area contributed by atoms with Gasteiger partial charge in [0.25, 0.3) is 0 Å². The summed E-state index contributed by atoms with van der Waals surface area (Å²) >= 11 is 0. The Hall–Kier alpha value is -2.13. The molecule has 0 spiro atoms. The molecule has 0 radical (unpaired) electrons. The van der Waals surface area contributed by atoms with Gasteiger partial charge in [0.1, 0.15) is 0 Å². The number of benzene rings is 2. The summed E-state index contributed by atoms with van der Waals surface area (Å²) in [7, 11) is 0. The third kappa shape index (κ3) is 3.22. The van der Waals surface area contributed by atoms with Crippen LogP contribution in [0.1, 0.15) is 42.7 Å².